The molecule has 0 amide bonds. The van der Waals surface area contributed by atoms with Crippen molar-refractivity contribution < 1.29 is 45.7 Å². The first-order valence-corrected chi connectivity index (χ1v) is 2.43. The van der Waals surface area contributed by atoms with E-state index in [-0.39, 0.29) is 33.4 Å². The minimum atomic E-state index is -1.92. The normalized spacial score (nSPS) is 7.23. The number of carboxylic acids is 2. The van der Waals surface area contributed by atoms with Crippen LogP contribution in [0.5, 0.6) is 0 Å². The topological polar surface area (TPSA) is 159 Å². The first-order chi connectivity index (χ1) is 4.46. The predicted molar refractivity (Wildman–Crippen MR) is 40.0 cm³/mol. The van der Waals surface area contributed by atoms with E-state index in [2.05, 4.69) is 0 Å². The van der Waals surface area contributed by atoms with Gasteiger partial charge in [-0.3, -0.25) is 14.4 Å². The molecule has 0 fully saturated rings. The molecular weight excluding hydrogens is 363 g/mol. The third-order valence-corrected chi connectivity index (χ3v) is 0.900. The second-order valence-electron chi connectivity index (χ2n) is 1.72. The Labute approximate surface area is 88.9 Å². The summed E-state index contributed by atoms with van der Waals surface area (Å²) >= 11 is 0. The first-order valence-electron chi connectivity index (χ1n) is 2.43. The van der Waals surface area contributed by atoms with Gasteiger partial charge in [0.15, 0.2) is 5.78 Å². The maximum absolute atomic E-state index is 10.3. The van der Waals surface area contributed by atoms with E-state index < -0.39 is 23.6 Å². The zero-order valence-electron chi connectivity index (χ0n) is 6.67. The molecule has 80 valence electrons. The number of ketones is 1. The van der Waals surface area contributed by atoms with Crippen molar-refractivity contribution in [1.82, 2.24) is 0 Å². The molecule has 0 radical (unpaired) electrons. The van der Waals surface area contributed by atoms with E-state index in [9.17, 15) is 14.4 Å². The molecule has 0 saturated heterocycles. The van der Waals surface area contributed by atoms with Crippen LogP contribution in [-0.4, -0.2) is 27.9 Å². The summed E-state index contributed by atoms with van der Waals surface area (Å²) < 4.78 is 0. The van der Waals surface area contributed by atoms with Crippen molar-refractivity contribution in [2.45, 2.75) is 6.92 Å². The van der Waals surface area contributed by atoms with Crippen LogP contribution in [0.4, 0.5) is 0 Å². The number of carbonyl (C=O) groups is 3. The van der Waals surface area contributed by atoms with Gasteiger partial charge in [0, 0.05) is 0 Å². The number of Topliss-reactive ketones (excluding diaryl/α,β-unsaturated/α-hetero) is 1. The molecule has 0 aromatic heterocycles. The number of carboxylic acid groups (broad SMARTS) is 2. The van der Waals surface area contributed by atoms with Crippen molar-refractivity contribution >= 4 is 17.7 Å². The Kier molecular flexibility index (Phi) is 16.3. The number of carbonyl (C=O) groups excluding carboxylic acids is 1. The van der Waals surface area contributed by atoms with E-state index in [4.69, 9.17) is 10.2 Å². The Morgan fingerprint density at radius 3 is 1.23 bits per heavy atom. The molecule has 13 heavy (non-hydrogen) atoms. The smallest absolute Gasteiger partial charge is 0.693 e. The van der Waals surface area contributed by atoms with Crippen LogP contribution in [0.2, 0.25) is 0 Å². The monoisotopic (exact) mass is 373 g/mol. The molecule has 0 spiro atoms. The van der Waals surface area contributed by atoms with Crippen LogP contribution >= 0.6 is 0 Å². The SMILES string of the molecule is CC(=O)C(C(=O)O)C(=O)O.[NH2-].[NH2-].[Pt+2]. The molecule has 0 aromatic carbocycles. The predicted octanol–water partition coefficient (Wildman–Crippen LogP) is 0.792. The van der Waals surface area contributed by atoms with Crippen molar-refractivity contribution in [3.05, 3.63) is 12.3 Å². The second-order valence-corrected chi connectivity index (χ2v) is 1.72. The zero-order chi connectivity index (χ0) is 8.31. The molecule has 6 N–H and O–H groups in total. The van der Waals surface area contributed by atoms with Crippen LogP contribution in [0.25, 0.3) is 12.3 Å². The summed E-state index contributed by atoms with van der Waals surface area (Å²) in [7, 11) is 0. The molecule has 0 bridgehead atoms. The Hall–Kier alpha value is -0.782. The molecule has 8 heteroatoms. The van der Waals surface area contributed by atoms with E-state index in [0.717, 1.165) is 6.92 Å². The summed E-state index contributed by atoms with van der Waals surface area (Å²) in [6.07, 6.45) is 0. The fourth-order valence-electron chi connectivity index (χ4n) is 0.453. The third kappa shape index (κ3) is 7.57. The first kappa shape index (κ1) is 22.8. The Balaban J connectivity index is -0.000000135. The average Bonchev–Trinajstić information content (AvgIpc) is 1.59. The quantitative estimate of drug-likeness (QED) is 0.699. The van der Waals surface area contributed by atoms with Crippen LogP contribution in [0.3, 0.4) is 0 Å². The number of rotatable bonds is 3. The summed E-state index contributed by atoms with van der Waals surface area (Å²) in [5.74, 6) is -6.04. The zero-order valence-corrected chi connectivity index (χ0v) is 8.94. The Morgan fingerprint density at radius 1 is 1.00 bits per heavy atom. The number of nitrogens with two attached hydrogens (primary N) is 2. The van der Waals surface area contributed by atoms with Crippen LogP contribution in [-0.2, 0) is 35.4 Å². The third-order valence-electron chi connectivity index (χ3n) is 0.900. The van der Waals surface area contributed by atoms with E-state index >= 15 is 0 Å². The van der Waals surface area contributed by atoms with Crippen molar-refractivity contribution in [3.8, 4) is 0 Å². The van der Waals surface area contributed by atoms with Gasteiger partial charge in [0.25, 0.3) is 0 Å². The number of hydrogen-bond acceptors (Lipinski definition) is 3. The van der Waals surface area contributed by atoms with E-state index in [1.54, 1.807) is 0 Å². The molecule has 0 unspecified atom stereocenters. The van der Waals surface area contributed by atoms with Crippen molar-refractivity contribution in [1.29, 1.82) is 0 Å². The van der Waals surface area contributed by atoms with Crippen LogP contribution in [0.15, 0.2) is 0 Å². The molecule has 0 atom stereocenters. The van der Waals surface area contributed by atoms with Gasteiger partial charge in [-0.15, -0.1) is 0 Å². The molecule has 0 saturated carbocycles. The number of hydrogen-bond donors (Lipinski definition) is 2. The average molecular weight is 373 g/mol. The molecule has 0 aromatic rings. The summed E-state index contributed by atoms with van der Waals surface area (Å²) in [6, 6.07) is 0. The molecular formula is C5H10N2O5Pt. The van der Waals surface area contributed by atoms with Gasteiger partial charge >= 0.3 is 33.0 Å². The summed E-state index contributed by atoms with van der Waals surface area (Å²) in [5.41, 5.74) is 0. The van der Waals surface area contributed by atoms with Gasteiger partial charge in [-0.05, 0) is 6.92 Å². The van der Waals surface area contributed by atoms with Crippen molar-refractivity contribution in [3.63, 3.8) is 0 Å². The largest absolute Gasteiger partial charge is 2.00 e. The summed E-state index contributed by atoms with van der Waals surface area (Å²) in [4.78, 5) is 30.2. The molecule has 0 heterocycles. The van der Waals surface area contributed by atoms with Gasteiger partial charge in [-0.25, -0.2) is 0 Å². The van der Waals surface area contributed by atoms with Crippen LogP contribution in [0.1, 0.15) is 6.92 Å². The van der Waals surface area contributed by atoms with E-state index in [0.29, 0.717) is 0 Å². The molecule has 0 aliphatic rings. The van der Waals surface area contributed by atoms with Gasteiger partial charge in [0.2, 0.25) is 5.92 Å². The van der Waals surface area contributed by atoms with Crippen LogP contribution < -0.4 is 0 Å². The minimum Gasteiger partial charge on any atom is -0.693 e. The standard InChI is InChI=1S/C5H6O5.2H2N.Pt/c1-2(6)3(4(7)8)5(9)10;;;/h3H,1H3,(H,7,8)(H,9,10);2*1H2;/q;2*-1;+2. The van der Waals surface area contributed by atoms with Crippen LogP contribution in [0, 0.1) is 5.92 Å². The summed E-state index contributed by atoms with van der Waals surface area (Å²) in [5, 5.41) is 16.2. The van der Waals surface area contributed by atoms with E-state index in [1.807, 2.05) is 0 Å². The van der Waals surface area contributed by atoms with Gasteiger partial charge < -0.3 is 22.5 Å². The van der Waals surface area contributed by atoms with Crippen molar-refractivity contribution in [2.24, 2.45) is 5.92 Å². The van der Waals surface area contributed by atoms with Gasteiger partial charge in [-0.1, -0.05) is 0 Å². The van der Waals surface area contributed by atoms with Gasteiger partial charge in [0.05, 0.1) is 0 Å². The molecule has 0 rings (SSSR count). The molecule has 0 aliphatic carbocycles. The molecule has 0 aliphatic heterocycles. The van der Waals surface area contributed by atoms with E-state index in [1.165, 1.54) is 0 Å². The fourth-order valence-corrected chi connectivity index (χ4v) is 0.453. The van der Waals surface area contributed by atoms with Gasteiger partial charge in [-0.2, -0.15) is 0 Å². The molecule has 7 nitrogen and oxygen atoms in total. The minimum absolute atomic E-state index is 0. The van der Waals surface area contributed by atoms with Gasteiger partial charge in [0.1, 0.15) is 0 Å². The van der Waals surface area contributed by atoms with Crippen molar-refractivity contribution in [2.75, 3.05) is 0 Å². The fraction of sp³-hybridized carbons (Fsp3) is 0.400. The summed E-state index contributed by atoms with van der Waals surface area (Å²) in [6.45, 7) is 0.924. The Bertz CT molecular complexity index is 162. The number of aliphatic carboxylic acids is 2. The maximum atomic E-state index is 10.3. The second kappa shape index (κ2) is 9.31. The maximum Gasteiger partial charge on any atom is 2.00 e. The Morgan fingerprint density at radius 2 is 1.23 bits per heavy atom.